The number of fused-ring (bicyclic) bond motifs is 1. The summed E-state index contributed by atoms with van der Waals surface area (Å²) in [6, 6.07) is 11.6. The number of thiazole rings is 1. The van der Waals surface area contributed by atoms with E-state index in [2.05, 4.69) is 25.5 Å². The number of aliphatic hydroxyl groups excluding tert-OH is 1. The highest BCUT2D eigenvalue weighted by atomic mass is 35.5. The Labute approximate surface area is 256 Å². The molecule has 6 atom stereocenters. The fraction of sp³-hybridized carbons (Fsp3) is 0.321. The van der Waals surface area contributed by atoms with Crippen LogP contribution in [-0.4, -0.2) is 64.8 Å². The van der Waals surface area contributed by atoms with Gasteiger partial charge in [0.1, 0.15) is 47.0 Å². The van der Waals surface area contributed by atoms with E-state index in [0.29, 0.717) is 10.7 Å². The first-order valence-electron chi connectivity index (χ1n) is 13.5. The van der Waals surface area contributed by atoms with E-state index in [4.69, 9.17) is 25.8 Å². The summed E-state index contributed by atoms with van der Waals surface area (Å²) >= 11 is 7.52. The molecule has 2 aliphatic heterocycles. The first-order valence-corrected chi connectivity index (χ1v) is 14.7. The molecule has 0 aliphatic carbocycles. The summed E-state index contributed by atoms with van der Waals surface area (Å²) in [5, 5.41) is 31.2. The van der Waals surface area contributed by atoms with Crippen LogP contribution in [0.2, 0.25) is 5.02 Å². The molecule has 16 heteroatoms. The molecule has 1 unspecified atom stereocenters. The van der Waals surface area contributed by atoms with Gasteiger partial charge in [0.15, 0.2) is 12.1 Å². The number of halogens is 4. The average Bonchev–Trinajstić information content (AvgIpc) is 3.78. The van der Waals surface area contributed by atoms with Crippen molar-refractivity contribution in [1.82, 2.24) is 34.7 Å². The second-order valence-electron chi connectivity index (χ2n) is 10.3. The van der Waals surface area contributed by atoms with Gasteiger partial charge in [-0.2, -0.15) is 13.2 Å². The van der Waals surface area contributed by atoms with Gasteiger partial charge in [-0.05, 0) is 25.1 Å². The standard InChI is InChI=1S/C28H23ClF3N7O4S/c1-14-34-36-25(39(14)19-11-16(29)7-8-17(19)28(30,31)32)24-22(40)21(38-12-18(35-37-38)26-33-9-10-44-26)23-20(42-24)13-41-27(43-23)15-5-3-2-4-6-15/h2-12,20-24,27,40H,13H2,1H3/t20-,21-,22-,23+,24-,27?/m1/s1. The molecule has 2 saturated heterocycles. The Morgan fingerprint density at radius 3 is 2.64 bits per heavy atom. The Morgan fingerprint density at radius 2 is 1.89 bits per heavy atom. The maximum absolute atomic E-state index is 14.1. The van der Waals surface area contributed by atoms with Crippen molar-refractivity contribution in [2.24, 2.45) is 0 Å². The van der Waals surface area contributed by atoms with Crippen LogP contribution in [-0.2, 0) is 20.4 Å². The van der Waals surface area contributed by atoms with Gasteiger partial charge in [-0.15, -0.1) is 26.6 Å². The number of nitrogens with zero attached hydrogens (tertiary/aromatic N) is 7. The van der Waals surface area contributed by atoms with Crippen molar-refractivity contribution in [2.75, 3.05) is 6.61 Å². The van der Waals surface area contributed by atoms with Crippen LogP contribution in [0, 0.1) is 6.92 Å². The van der Waals surface area contributed by atoms with E-state index in [1.165, 1.54) is 33.6 Å². The smallest absolute Gasteiger partial charge is 0.388 e. The predicted molar refractivity (Wildman–Crippen MR) is 150 cm³/mol. The Morgan fingerprint density at radius 1 is 1.07 bits per heavy atom. The number of benzene rings is 2. The summed E-state index contributed by atoms with van der Waals surface area (Å²) in [6.45, 7) is 1.55. The quantitative estimate of drug-likeness (QED) is 0.278. The molecular formula is C28H23ClF3N7O4S. The monoisotopic (exact) mass is 645 g/mol. The van der Waals surface area contributed by atoms with Crippen molar-refractivity contribution in [3.8, 4) is 16.4 Å². The van der Waals surface area contributed by atoms with Crippen molar-refractivity contribution in [2.45, 2.75) is 49.8 Å². The lowest BCUT2D eigenvalue weighted by atomic mass is 9.91. The van der Waals surface area contributed by atoms with Gasteiger partial charge < -0.3 is 19.3 Å². The summed E-state index contributed by atoms with van der Waals surface area (Å²) in [6.07, 6.45) is -6.45. The maximum atomic E-state index is 14.1. The number of aliphatic hydroxyl groups is 1. The molecule has 2 aromatic carbocycles. The minimum absolute atomic E-state index is 0.0517. The molecule has 3 aromatic heterocycles. The molecule has 11 nitrogen and oxygen atoms in total. The molecule has 0 amide bonds. The second kappa shape index (κ2) is 11.3. The molecule has 2 fully saturated rings. The number of ether oxygens (including phenoxy) is 3. The SMILES string of the molecule is Cc1nnc([C@@H]2O[C@@H]3COC(c4ccccc4)O[C@@H]3[C@H](n3cc(-c4nccs4)nn3)[C@H]2O)n1-c1cc(Cl)ccc1C(F)(F)F. The summed E-state index contributed by atoms with van der Waals surface area (Å²) in [5.74, 6) is 0.0750. The lowest BCUT2D eigenvalue weighted by Gasteiger charge is -2.47. The van der Waals surface area contributed by atoms with Crippen LogP contribution in [0.5, 0.6) is 0 Å². The van der Waals surface area contributed by atoms with Crippen molar-refractivity contribution in [3.05, 3.63) is 94.1 Å². The van der Waals surface area contributed by atoms with Crippen LogP contribution in [0.1, 0.15) is 41.2 Å². The van der Waals surface area contributed by atoms with Crippen LogP contribution in [0.25, 0.3) is 16.4 Å². The van der Waals surface area contributed by atoms with Gasteiger partial charge in [0.05, 0.1) is 24.1 Å². The molecule has 0 bridgehead atoms. The summed E-state index contributed by atoms with van der Waals surface area (Å²) < 4.78 is 63.7. The largest absolute Gasteiger partial charge is 0.418 e. The fourth-order valence-corrected chi connectivity index (χ4v) is 6.33. The summed E-state index contributed by atoms with van der Waals surface area (Å²) in [7, 11) is 0. The lowest BCUT2D eigenvalue weighted by molar-refractivity contribution is -0.319. The van der Waals surface area contributed by atoms with E-state index in [1.54, 1.807) is 17.8 Å². The van der Waals surface area contributed by atoms with E-state index >= 15 is 0 Å². The molecule has 1 N–H and O–H groups in total. The zero-order chi connectivity index (χ0) is 30.6. The van der Waals surface area contributed by atoms with Crippen molar-refractivity contribution in [1.29, 1.82) is 0 Å². The Balaban J connectivity index is 1.31. The topological polar surface area (TPSA) is 122 Å². The lowest BCUT2D eigenvalue weighted by Crippen LogP contribution is -2.57. The van der Waals surface area contributed by atoms with E-state index in [-0.39, 0.29) is 29.0 Å². The second-order valence-corrected chi connectivity index (χ2v) is 11.6. The zero-order valence-electron chi connectivity index (χ0n) is 22.7. The van der Waals surface area contributed by atoms with Crippen LogP contribution in [0.15, 0.2) is 66.3 Å². The first kappa shape index (κ1) is 29.0. The number of rotatable bonds is 5. The molecule has 7 rings (SSSR count). The number of aromatic nitrogens is 7. The Bertz CT molecular complexity index is 1770. The maximum Gasteiger partial charge on any atom is 0.418 e. The van der Waals surface area contributed by atoms with Gasteiger partial charge in [0, 0.05) is 22.2 Å². The van der Waals surface area contributed by atoms with Gasteiger partial charge in [-0.1, -0.05) is 47.1 Å². The first-order chi connectivity index (χ1) is 21.2. The van der Waals surface area contributed by atoms with Crippen LogP contribution in [0.3, 0.4) is 0 Å². The highest BCUT2D eigenvalue weighted by Crippen LogP contribution is 2.45. The molecule has 44 heavy (non-hydrogen) atoms. The van der Waals surface area contributed by atoms with Crippen molar-refractivity contribution >= 4 is 22.9 Å². The molecular weight excluding hydrogens is 623 g/mol. The average molecular weight is 646 g/mol. The van der Waals surface area contributed by atoms with Crippen LogP contribution < -0.4 is 0 Å². The van der Waals surface area contributed by atoms with E-state index in [0.717, 1.165) is 17.7 Å². The van der Waals surface area contributed by atoms with E-state index < -0.39 is 48.5 Å². The number of alkyl halides is 3. The molecule has 0 spiro atoms. The van der Waals surface area contributed by atoms with Gasteiger partial charge in [0.2, 0.25) is 0 Å². The Hall–Kier alpha value is -3.73. The van der Waals surface area contributed by atoms with Gasteiger partial charge in [-0.25, -0.2) is 9.67 Å². The molecule has 0 saturated carbocycles. The number of aryl methyl sites for hydroxylation is 1. The van der Waals surface area contributed by atoms with Crippen LogP contribution >= 0.6 is 22.9 Å². The third-order valence-corrected chi connectivity index (χ3v) is 8.56. The zero-order valence-corrected chi connectivity index (χ0v) is 24.3. The Kier molecular flexibility index (Phi) is 7.46. The normalized spacial score (nSPS) is 25.6. The third kappa shape index (κ3) is 5.18. The highest BCUT2D eigenvalue weighted by Gasteiger charge is 2.53. The molecule has 2 aliphatic rings. The number of hydrogen-bond acceptors (Lipinski definition) is 10. The summed E-state index contributed by atoms with van der Waals surface area (Å²) in [4.78, 5) is 4.28. The van der Waals surface area contributed by atoms with Crippen LogP contribution in [0.4, 0.5) is 13.2 Å². The van der Waals surface area contributed by atoms with Gasteiger partial charge in [0.25, 0.3) is 0 Å². The predicted octanol–water partition coefficient (Wildman–Crippen LogP) is 5.12. The number of hydrogen-bond donors (Lipinski definition) is 1. The van der Waals surface area contributed by atoms with Gasteiger partial charge in [-0.3, -0.25) is 4.57 Å². The molecule has 5 heterocycles. The minimum Gasteiger partial charge on any atom is -0.388 e. The van der Waals surface area contributed by atoms with E-state index in [9.17, 15) is 18.3 Å². The highest BCUT2D eigenvalue weighted by molar-refractivity contribution is 7.13. The van der Waals surface area contributed by atoms with Crippen molar-refractivity contribution < 1.29 is 32.5 Å². The minimum atomic E-state index is -4.71. The van der Waals surface area contributed by atoms with Gasteiger partial charge >= 0.3 is 6.18 Å². The molecule has 5 aromatic rings. The van der Waals surface area contributed by atoms with E-state index in [1.807, 2.05) is 30.3 Å². The van der Waals surface area contributed by atoms with Crippen molar-refractivity contribution in [3.63, 3.8) is 0 Å². The summed E-state index contributed by atoms with van der Waals surface area (Å²) in [5.41, 5.74) is -0.0140. The third-order valence-electron chi connectivity index (χ3n) is 7.53. The molecule has 228 valence electrons. The molecule has 0 radical (unpaired) electrons. The fourth-order valence-electron chi connectivity index (χ4n) is 5.57.